The molecule has 2 rings (SSSR count). The minimum atomic E-state index is 0.499. The van der Waals surface area contributed by atoms with Crippen LogP contribution in [0.3, 0.4) is 0 Å². The Labute approximate surface area is 122 Å². The van der Waals surface area contributed by atoms with Crippen molar-refractivity contribution in [3.63, 3.8) is 0 Å². The van der Waals surface area contributed by atoms with Crippen molar-refractivity contribution in [3.05, 3.63) is 23.8 Å². The van der Waals surface area contributed by atoms with Gasteiger partial charge in [0.1, 0.15) is 0 Å². The van der Waals surface area contributed by atoms with Crippen LogP contribution < -0.4 is 14.8 Å². The highest BCUT2D eigenvalue weighted by Crippen LogP contribution is 2.34. The Balaban J connectivity index is 2.06. The quantitative estimate of drug-likeness (QED) is 0.892. The molecular formula is C17H27NO2. The minimum Gasteiger partial charge on any atom is -0.490 e. The summed E-state index contributed by atoms with van der Waals surface area (Å²) in [5.74, 6) is 2.86. The number of ether oxygens (including phenoxy) is 2. The Morgan fingerprint density at radius 2 is 1.75 bits per heavy atom. The molecule has 1 aromatic rings. The first-order valence-corrected chi connectivity index (χ1v) is 7.71. The second kappa shape index (κ2) is 6.98. The third kappa shape index (κ3) is 3.89. The summed E-state index contributed by atoms with van der Waals surface area (Å²) in [5, 5.41) is 3.51. The number of hydrogen-bond donors (Lipinski definition) is 1. The highest BCUT2D eigenvalue weighted by Gasteiger charge is 2.18. The Morgan fingerprint density at radius 3 is 2.45 bits per heavy atom. The maximum atomic E-state index is 5.78. The van der Waals surface area contributed by atoms with Crippen molar-refractivity contribution in [2.75, 3.05) is 19.8 Å². The molecule has 20 heavy (non-hydrogen) atoms. The summed E-state index contributed by atoms with van der Waals surface area (Å²) in [4.78, 5) is 0. The van der Waals surface area contributed by atoms with Crippen molar-refractivity contribution in [2.45, 2.75) is 46.1 Å². The largest absolute Gasteiger partial charge is 0.490 e. The van der Waals surface area contributed by atoms with Crippen molar-refractivity contribution in [3.8, 4) is 11.5 Å². The lowest BCUT2D eigenvalue weighted by atomic mass is 9.88. The van der Waals surface area contributed by atoms with E-state index in [9.17, 15) is 0 Å². The van der Waals surface area contributed by atoms with Gasteiger partial charge in [0.2, 0.25) is 0 Å². The minimum absolute atomic E-state index is 0.499. The smallest absolute Gasteiger partial charge is 0.161 e. The normalized spacial score (nSPS) is 17.6. The molecule has 1 aliphatic heterocycles. The second-order valence-corrected chi connectivity index (χ2v) is 6.09. The standard InChI is InChI=1S/C17H27NO2/c1-12(2)18-11-13(3)14(4)15-6-7-16-17(10-15)20-9-5-8-19-16/h6-7,10,12-14,18H,5,8-9,11H2,1-4H3. The third-order valence-electron chi connectivity index (χ3n) is 4.00. The Kier molecular flexibility index (Phi) is 5.30. The fraction of sp³-hybridized carbons (Fsp3) is 0.647. The molecule has 2 unspecified atom stereocenters. The number of rotatable bonds is 5. The lowest BCUT2D eigenvalue weighted by Crippen LogP contribution is -2.29. The zero-order valence-electron chi connectivity index (χ0n) is 13.1. The second-order valence-electron chi connectivity index (χ2n) is 6.09. The number of fused-ring (bicyclic) bond motifs is 1. The van der Waals surface area contributed by atoms with Gasteiger partial charge in [0.25, 0.3) is 0 Å². The average Bonchev–Trinajstić information content (AvgIpc) is 2.68. The molecule has 1 aliphatic rings. The Morgan fingerprint density at radius 1 is 1.05 bits per heavy atom. The summed E-state index contributed by atoms with van der Waals surface area (Å²) in [6.45, 7) is 11.5. The van der Waals surface area contributed by atoms with Gasteiger partial charge in [-0.3, -0.25) is 0 Å². The number of hydrogen-bond acceptors (Lipinski definition) is 3. The molecule has 112 valence electrons. The Hall–Kier alpha value is -1.22. The summed E-state index contributed by atoms with van der Waals surface area (Å²) in [7, 11) is 0. The van der Waals surface area contributed by atoms with Gasteiger partial charge in [-0.05, 0) is 36.1 Å². The van der Waals surface area contributed by atoms with Crippen LogP contribution in [0.25, 0.3) is 0 Å². The average molecular weight is 277 g/mol. The summed E-state index contributed by atoms with van der Waals surface area (Å²) in [6, 6.07) is 6.91. The van der Waals surface area contributed by atoms with Crippen LogP contribution in [0.1, 0.15) is 45.6 Å². The van der Waals surface area contributed by atoms with Crippen LogP contribution in [0.5, 0.6) is 11.5 Å². The van der Waals surface area contributed by atoms with Crippen molar-refractivity contribution in [1.82, 2.24) is 5.32 Å². The van der Waals surface area contributed by atoms with Crippen LogP contribution in [0, 0.1) is 5.92 Å². The molecule has 0 fully saturated rings. The van der Waals surface area contributed by atoms with Gasteiger partial charge in [0, 0.05) is 12.5 Å². The SMILES string of the molecule is CC(C)NCC(C)C(C)c1ccc2c(c1)OCCCO2. The maximum Gasteiger partial charge on any atom is 0.161 e. The van der Waals surface area contributed by atoms with E-state index in [2.05, 4.69) is 51.2 Å². The molecule has 3 heteroatoms. The topological polar surface area (TPSA) is 30.5 Å². The van der Waals surface area contributed by atoms with E-state index in [4.69, 9.17) is 9.47 Å². The fourth-order valence-corrected chi connectivity index (χ4v) is 2.39. The van der Waals surface area contributed by atoms with Gasteiger partial charge in [-0.25, -0.2) is 0 Å². The zero-order valence-corrected chi connectivity index (χ0v) is 13.1. The van der Waals surface area contributed by atoms with E-state index in [1.54, 1.807) is 0 Å². The lowest BCUT2D eigenvalue weighted by Gasteiger charge is -2.23. The highest BCUT2D eigenvalue weighted by atomic mass is 16.5. The highest BCUT2D eigenvalue weighted by molar-refractivity contribution is 5.44. The van der Waals surface area contributed by atoms with Gasteiger partial charge in [0.05, 0.1) is 13.2 Å². The molecule has 1 N–H and O–H groups in total. The molecule has 1 aromatic carbocycles. The van der Waals surface area contributed by atoms with Gasteiger partial charge in [-0.15, -0.1) is 0 Å². The molecule has 0 aromatic heterocycles. The maximum absolute atomic E-state index is 5.78. The molecule has 0 radical (unpaired) electrons. The van der Waals surface area contributed by atoms with Crippen molar-refractivity contribution < 1.29 is 9.47 Å². The first-order valence-electron chi connectivity index (χ1n) is 7.71. The lowest BCUT2D eigenvalue weighted by molar-refractivity contribution is 0.297. The zero-order chi connectivity index (χ0) is 14.5. The predicted molar refractivity (Wildman–Crippen MR) is 82.8 cm³/mol. The van der Waals surface area contributed by atoms with Gasteiger partial charge >= 0.3 is 0 Å². The van der Waals surface area contributed by atoms with E-state index in [1.807, 2.05) is 0 Å². The first-order chi connectivity index (χ1) is 9.58. The summed E-state index contributed by atoms with van der Waals surface area (Å²) in [6.07, 6.45) is 0.953. The molecule has 3 nitrogen and oxygen atoms in total. The Bertz CT molecular complexity index is 431. The van der Waals surface area contributed by atoms with E-state index in [0.29, 0.717) is 17.9 Å². The van der Waals surface area contributed by atoms with E-state index in [-0.39, 0.29) is 0 Å². The molecule has 1 heterocycles. The summed E-state index contributed by atoms with van der Waals surface area (Å²) < 4.78 is 11.5. The number of nitrogens with one attached hydrogen (secondary N) is 1. The molecule has 0 amide bonds. The summed E-state index contributed by atoms with van der Waals surface area (Å²) in [5.41, 5.74) is 1.33. The van der Waals surface area contributed by atoms with Crippen molar-refractivity contribution >= 4 is 0 Å². The third-order valence-corrected chi connectivity index (χ3v) is 4.00. The van der Waals surface area contributed by atoms with E-state index in [0.717, 1.165) is 37.7 Å². The first kappa shape index (κ1) is 15.2. The molecule has 0 aliphatic carbocycles. The molecule has 2 atom stereocenters. The molecule has 0 saturated carbocycles. The molecular weight excluding hydrogens is 250 g/mol. The fourth-order valence-electron chi connectivity index (χ4n) is 2.39. The van der Waals surface area contributed by atoms with E-state index >= 15 is 0 Å². The summed E-state index contributed by atoms with van der Waals surface area (Å²) >= 11 is 0. The van der Waals surface area contributed by atoms with Gasteiger partial charge in [-0.2, -0.15) is 0 Å². The monoisotopic (exact) mass is 277 g/mol. The molecule has 0 bridgehead atoms. The van der Waals surface area contributed by atoms with E-state index in [1.165, 1.54) is 5.56 Å². The van der Waals surface area contributed by atoms with E-state index < -0.39 is 0 Å². The van der Waals surface area contributed by atoms with Crippen LogP contribution in [-0.4, -0.2) is 25.8 Å². The predicted octanol–water partition coefficient (Wildman–Crippen LogP) is 3.59. The van der Waals surface area contributed by atoms with Gasteiger partial charge in [-0.1, -0.05) is 33.8 Å². The van der Waals surface area contributed by atoms with Gasteiger partial charge in [0.15, 0.2) is 11.5 Å². The molecule has 0 spiro atoms. The van der Waals surface area contributed by atoms with Crippen LogP contribution >= 0.6 is 0 Å². The van der Waals surface area contributed by atoms with Crippen LogP contribution in [0.2, 0.25) is 0 Å². The molecule has 0 saturated heterocycles. The van der Waals surface area contributed by atoms with Crippen LogP contribution in [-0.2, 0) is 0 Å². The van der Waals surface area contributed by atoms with Crippen LogP contribution in [0.4, 0.5) is 0 Å². The van der Waals surface area contributed by atoms with Crippen molar-refractivity contribution in [1.29, 1.82) is 0 Å². The van der Waals surface area contributed by atoms with Gasteiger partial charge < -0.3 is 14.8 Å². The number of benzene rings is 1. The van der Waals surface area contributed by atoms with Crippen LogP contribution in [0.15, 0.2) is 18.2 Å². The van der Waals surface area contributed by atoms with Crippen molar-refractivity contribution in [2.24, 2.45) is 5.92 Å².